The van der Waals surface area contributed by atoms with Gasteiger partial charge in [0.15, 0.2) is 0 Å². The molecule has 1 aromatic carbocycles. The molecule has 2 rings (SSSR count). The van der Waals surface area contributed by atoms with Crippen LogP contribution in [-0.4, -0.2) is 10.1 Å². The number of aryl methyl sites for hydroxylation is 1. The van der Waals surface area contributed by atoms with Gasteiger partial charge in [0.2, 0.25) is 5.13 Å². The molecule has 0 unspecified atom stereocenters. The van der Waals surface area contributed by atoms with Crippen molar-refractivity contribution < 1.29 is 5.11 Å². The monoisotopic (exact) mass is 345 g/mol. The number of phenolic OH excluding ortho intramolecular Hbond substituents is 1. The van der Waals surface area contributed by atoms with Gasteiger partial charge in [0.05, 0.1) is 0 Å². The van der Waals surface area contributed by atoms with E-state index in [0.29, 0.717) is 10.8 Å². The third kappa shape index (κ3) is 2.38. The number of nitrogens with zero attached hydrogens (tertiary/aromatic N) is 3. The maximum Gasteiger partial charge on any atom is 0.229 e. The minimum absolute atomic E-state index is 0.135. The van der Waals surface area contributed by atoms with Crippen molar-refractivity contribution in [2.24, 2.45) is 10.2 Å². The first-order chi connectivity index (χ1) is 7.68. The number of hydrogen-bond acceptors (Lipinski definition) is 5. The zero-order valence-corrected chi connectivity index (χ0v) is 11.4. The van der Waals surface area contributed by atoms with Crippen LogP contribution in [0.25, 0.3) is 0 Å². The summed E-state index contributed by atoms with van der Waals surface area (Å²) in [5.74, 6) is 0.135. The number of benzene rings is 1. The molecule has 1 N–H and O–H groups in total. The van der Waals surface area contributed by atoms with Crippen LogP contribution < -0.4 is 0 Å². The lowest BCUT2D eigenvalue weighted by Gasteiger charge is -2.03. The van der Waals surface area contributed by atoms with Crippen LogP contribution in [0.5, 0.6) is 5.75 Å². The first-order valence-corrected chi connectivity index (χ1v) is 6.43. The molecule has 0 bridgehead atoms. The van der Waals surface area contributed by atoms with Crippen molar-refractivity contribution >= 4 is 44.7 Å². The number of azo groups is 1. The smallest absolute Gasteiger partial charge is 0.229 e. The Kier molecular flexibility index (Phi) is 3.49. The molecule has 0 radical (unpaired) electrons. The van der Waals surface area contributed by atoms with E-state index in [1.807, 2.05) is 18.4 Å². The molecule has 0 spiro atoms. The van der Waals surface area contributed by atoms with Crippen LogP contribution in [-0.2, 0) is 0 Å². The molecular formula is C10H8IN3OS. The van der Waals surface area contributed by atoms with Gasteiger partial charge in [-0.1, -0.05) is 6.07 Å². The van der Waals surface area contributed by atoms with Gasteiger partial charge >= 0.3 is 0 Å². The van der Waals surface area contributed by atoms with Gasteiger partial charge in [-0.3, -0.25) is 0 Å². The van der Waals surface area contributed by atoms with E-state index in [-0.39, 0.29) is 5.75 Å². The maximum atomic E-state index is 9.67. The lowest BCUT2D eigenvalue weighted by Crippen LogP contribution is -1.80. The Hall–Kier alpha value is -1.02. The second-order valence-corrected chi connectivity index (χ2v) is 5.03. The van der Waals surface area contributed by atoms with E-state index in [0.717, 1.165) is 9.13 Å². The number of rotatable bonds is 2. The van der Waals surface area contributed by atoms with Crippen molar-refractivity contribution in [1.82, 2.24) is 4.98 Å². The first-order valence-electron chi connectivity index (χ1n) is 4.48. The molecule has 6 heteroatoms. The fraction of sp³-hybridized carbons (Fsp3) is 0.100. The van der Waals surface area contributed by atoms with E-state index in [1.54, 1.807) is 12.3 Å². The van der Waals surface area contributed by atoms with E-state index in [2.05, 4.69) is 37.8 Å². The number of thiazole rings is 1. The maximum absolute atomic E-state index is 9.67. The fourth-order valence-corrected chi connectivity index (χ4v) is 2.13. The molecule has 0 aliphatic heterocycles. The first kappa shape index (κ1) is 11.5. The summed E-state index contributed by atoms with van der Waals surface area (Å²) in [7, 11) is 0. The number of halogens is 1. The van der Waals surface area contributed by atoms with Crippen molar-refractivity contribution in [3.05, 3.63) is 32.8 Å². The second kappa shape index (κ2) is 4.88. The summed E-state index contributed by atoms with van der Waals surface area (Å²) in [4.78, 5) is 3.99. The molecule has 4 nitrogen and oxygen atoms in total. The van der Waals surface area contributed by atoms with Gasteiger partial charge in [0.25, 0.3) is 0 Å². The number of aromatic nitrogens is 1. The SMILES string of the molecule is Cc1ccc(O)c(/N=N/c2nccs2)c1I. The van der Waals surface area contributed by atoms with Crippen LogP contribution in [0, 0.1) is 10.5 Å². The van der Waals surface area contributed by atoms with Crippen molar-refractivity contribution in [1.29, 1.82) is 0 Å². The van der Waals surface area contributed by atoms with Crippen LogP contribution in [0.2, 0.25) is 0 Å². The predicted octanol–water partition coefficient (Wildman–Crippen LogP) is 4.18. The Balaban J connectivity index is 2.38. The van der Waals surface area contributed by atoms with Gasteiger partial charge in [0.1, 0.15) is 11.4 Å². The molecule has 0 fully saturated rings. The molecule has 2 aromatic rings. The molecule has 82 valence electrons. The Morgan fingerprint density at radius 2 is 2.19 bits per heavy atom. The van der Waals surface area contributed by atoms with Gasteiger partial charge < -0.3 is 5.11 Å². The molecule has 1 aromatic heterocycles. The quantitative estimate of drug-likeness (QED) is 0.656. The van der Waals surface area contributed by atoms with Gasteiger partial charge in [-0.15, -0.1) is 21.6 Å². The molecule has 0 amide bonds. The molecule has 16 heavy (non-hydrogen) atoms. The zero-order valence-electron chi connectivity index (χ0n) is 8.38. The average Bonchev–Trinajstić information content (AvgIpc) is 2.77. The topological polar surface area (TPSA) is 57.8 Å². The van der Waals surface area contributed by atoms with Crippen molar-refractivity contribution in [2.75, 3.05) is 0 Å². The van der Waals surface area contributed by atoms with E-state index in [9.17, 15) is 5.11 Å². The zero-order chi connectivity index (χ0) is 11.5. The highest BCUT2D eigenvalue weighted by atomic mass is 127. The van der Waals surface area contributed by atoms with Crippen molar-refractivity contribution in [2.45, 2.75) is 6.92 Å². The lowest BCUT2D eigenvalue weighted by atomic mass is 10.2. The molecule has 0 aliphatic rings. The Morgan fingerprint density at radius 1 is 1.38 bits per heavy atom. The normalized spacial score (nSPS) is 11.1. The molecule has 0 saturated heterocycles. The van der Waals surface area contributed by atoms with Gasteiger partial charge in [-0.2, -0.15) is 0 Å². The Bertz CT molecular complexity index is 525. The van der Waals surface area contributed by atoms with E-state index in [1.165, 1.54) is 11.3 Å². The summed E-state index contributed by atoms with van der Waals surface area (Å²) in [5, 5.41) is 20.1. The predicted molar refractivity (Wildman–Crippen MR) is 71.9 cm³/mol. The summed E-state index contributed by atoms with van der Waals surface area (Å²) in [5.41, 5.74) is 1.56. The molecule has 0 saturated carbocycles. The largest absolute Gasteiger partial charge is 0.506 e. The molecule has 0 atom stereocenters. The summed E-state index contributed by atoms with van der Waals surface area (Å²) < 4.78 is 0.901. The molecular weight excluding hydrogens is 337 g/mol. The van der Waals surface area contributed by atoms with Crippen LogP contribution in [0.15, 0.2) is 33.9 Å². The Morgan fingerprint density at radius 3 is 2.88 bits per heavy atom. The standard InChI is InChI=1S/C10H8IN3OS/c1-6-2-3-7(15)9(8(6)11)13-14-10-12-4-5-16-10/h2-5,15H,1H3/b14-13+. The van der Waals surface area contributed by atoms with E-state index in [4.69, 9.17) is 0 Å². The lowest BCUT2D eigenvalue weighted by molar-refractivity contribution is 0.476. The van der Waals surface area contributed by atoms with Crippen molar-refractivity contribution in [3.63, 3.8) is 0 Å². The number of phenols is 1. The second-order valence-electron chi connectivity index (χ2n) is 3.08. The highest BCUT2D eigenvalue weighted by Gasteiger charge is 2.07. The highest BCUT2D eigenvalue weighted by molar-refractivity contribution is 14.1. The summed E-state index contributed by atoms with van der Waals surface area (Å²) in [6.45, 7) is 1.96. The van der Waals surface area contributed by atoms with Crippen LogP contribution in [0.3, 0.4) is 0 Å². The summed E-state index contributed by atoms with van der Waals surface area (Å²) in [6, 6.07) is 3.47. The third-order valence-corrected chi connectivity index (χ3v) is 3.96. The van der Waals surface area contributed by atoms with E-state index < -0.39 is 0 Å². The fourth-order valence-electron chi connectivity index (χ4n) is 1.11. The van der Waals surface area contributed by atoms with Gasteiger partial charge in [-0.25, -0.2) is 4.98 Å². The molecule has 1 heterocycles. The van der Waals surface area contributed by atoms with E-state index >= 15 is 0 Å². The minimum atomic E-state index is 0.135. The van der Waals surface area contributed by atoms with Crippen molar-refractivity contribution in [3.8, 4) is 5.75 Å². The number of hydrogen-bond donors (Lipinski definition) is 1. The highest BCUT2D eigenvalue weighted by Crippen LogP contribution is 2.35. The van der Waals surface area contributed by atoms with Gasteiger partial charge in [0, 0.05) is 15.1 Å². The van der Waals surface area contributed by atoms with Crippen LogP contribution >= 0.6 is 33.9 Å². The third-order valence-electron chi connectivity index (χ3n) is 1.94. The van der Waals surface area contributed by atoms with Crippen LogP contribution in [0.1, 0.15) is 5.56 Å². The summed E-state index contributed by atoms with van der Waals surface area (Å²) in [6.07, 6.45) is 1.67. The van der Waals surface area contributed by atoms with Crippen LogP contribution in [0.4, 0.5) is 10.8 Å². The van der Waals surface area contributed by atoms with Gasteiger partial charge in [-0.05, 0) is 41.1 Å². The average molecular weight is 345 g/mol. The Labute approximate surface area is 110 Å². The molecule has 0 aliphatic carbocycles. The number of aromatic hydroxyl groups is 1. The summed E-state index contributed by atoms with van der Waals surface area (Å²) >= 11 is 3.54. The minimum Gasteiger partial charge on any atom is -0.506 e.